The predicted octanol–water partition coefficient (Wildman–Crippen LogP) is 7.83. The van der Waals surface area contributed by atoms with E-state index in [1.165, 1.54) is 97.0 Å². The van der Waals surface area contributed by atoms with Crippen LogP contribution in [0.15, 0.2) is 30.6 Å². The van der Waals surface area contributed by atoms with Gasteiger partial charge in [-0.3, -0.25) is 0 Å². The van der Waals surface area contributed by atoms with Gasteiger partial charge in [-0.25, -0.2) is 14.2 Å². The molecular weight excluding hydrogens is 530 g/mol. The van der Waals surface area contributed by atoms with Crippen LogP contribution in [0.3, 0.4) is 0 Å². The van der Waals surface area contributed by atoms with E-state index in [9.17, 15) is 9.59 Å². The largest absolute Gasteiger partial charge is 0.446 e. The molecule has 0 aliphatic heterocycles. The molecule has 0 aliphatic rings. The van der Waals surface area contributed by atoms with Crippen molar-refractivity contribution in [2.24, 2.45) is 0 Å². The summed E-state index contributed by atoms with van der Waals surface area (Å²) in [5.74, 6) is 0. The summed E-state index contributed by atoms with van der Waals surface area (Å²) in [6.45, 7) is 8.35. The van der Waals surface area contributed by atoms with Gasteiger partial charge < -0.3 is 24.4 Å². The van der Waals surface area contributed by atoms with Crippen LogP contribution in [0.5, 0.6) is 0 Å². The van der Waals surface area contributed by atoms with E-state index in [1.807, 2.05) is 42.1 Å². The van der Waals surface area contributed by atoms with Crippen LogP contribution in [0, 0.1) is 0 Å². The Morgan fingerprint density at radius 3 is 1.74 bits per heavy atom. The van der Waals surface area contributed by atoms with Crippen LogP contribution >= 0.6 is 0 Å². The van der Waals surface area contributed by atoms with Crippen molar-refractivity contribution >= 4 is 12.2 Å². The van der Waals surface area contributed by atoms with Gasteiger partial charge in [-0.1, -0.05) is 109 Å². The van der Waals surface area contributed by atoms with Gasteiger partial charge in [-0.2, -0.15) is 0 Å². The van der Waals surface area contributed by atoms with Crippen LogP contribution < -0.4 is 9.88 Å². The highest BCUT2D eigenvalue weighted by atomic mass is 16.6. The molecule has 1 aromatic rings. The Hall–Kier alpha value is -2.35. The lowest BCUT2D eigenvalue weighted by molar-refractivity contribution is -0.694. The molecule has 0 saturated carbocycles. The van der Waals surface area contributed by atoms with Crippen molar-refractivity contribution in [3.05, 3.63) is 30.6 Å². The summed E-state index contributed by atoms with van der Waals surface area (Å²) in [5, 5.41) is 2.73. The number of nitrogens with zero attached hydrogens (tertiary/aromatic N) is 2. The minimum absolute atomic E-state index is 0.00490. The fourth-order valence-corrected chi connectivity index (χ4v) is 4.83. The summed E-state index contributed by atoms with van der Waals surface area (Å²) < 4.78 is 18.4. The van der Waals surface area contributed by atoms with Crippen molar-refractivity contribution in [1.82, 2.24) is 10.2 Å². The smallest absolute Gasteiger partial charge is 0.409 e. The lowest BCUT2D eigenvalue weighted by Gasteiger charge is -2.28. The van der Waals surface area contributed by atoms with Crippen molar-refractivity contribution in [2.75, 3.05) is 40.0 Å². The van der Waals surface area contributed by atoms with Gasteiger partial charge in [0.2, 0.25) is 0 Å². The van der Waals surface area contributed by atoms with E-state index in [0.717, 1.165) is 12.8 Å². The van der Waals surface area contributed by atoms with Crippen molar-refractivity contribution in [1.29, 1.82) is 0 Å². The SMILES string of the molecule is CCCCCCCCCCCCCCCCCCN(CC)C(=O)OCC(C)(COC(=O)NCC[n+]1ccccc1)OC. The summed E-state index contributed by atoms with van der Waals surface area (Å²) in [4.78, 5) is 26.5. The Morgan fingerprint density at radius 2 is 1.24 bits per heavy atom. The maximum Gasteiger partial charge on any atom is 0.409 e. The van der Waals surface area contributed by atoms with Crippen LogP contribution in [0.1, 0.15) is 124 Å². The van der Waals surface area contributed by atoms with Gasteiger partial charge in [0.1, 0.15) is 18.8 Å². The second-order valence-electron chi connectivity index (χ2n) is 11.7. The molecule has 0 radical (unpaired) electrons. The quantitative estimate of drug-likeness (QED) is 0.0876. The molecule has 0 fully saturated rings. The number of unbranched alkanes of at least 4 members (excludes halogenated alkanes) is 15. The summed E-state index contributed by atoms with van der Waals surface area (Å²) in [6.07, 6.45) is 24.2. The zero-order chi connectivity index (χ0) is 30.7. The Labute approximate surface area is 256 Å². The minimum atomic E-state index is -0.922. The van der Waals surface area contributed by atoms with Gasteiger partial charge in [0.15, 0.2) is 18.9 Å². The number of aromatic nitrogens is 1. The standard InChI is InChI=1S/C34H61N3O5/c1-5-7-8-9-10-11-12-13-14-15-16-17-18-19-20-24-28-37(6-2)33(39)42-31-34(3,40-4)30-41-32(38)35-25-29-36-26-22-21-23-27-36/h21-23,26-27H,5-20,24-25,28-31H2,1-4H3/p+1. The van der Waals surface area contributed by atoms with Crippen LogP contribution in [-0.2, 0) is 20.8 Å². The first kappa shape index (κ1) is 37.7. The molecule has 1 N–H and O–H groups in total. The maximum absolute atomic E-state index is 12.7. The van der Waals surface area contributed by atoms with E-state index < -0.39 is 11.7 Å². The summed E-state index contributed by atoms with van der Waals surface area (Å²) in [6, 6.07) is 5.81. The molecule has 0 saturated heterocycles. The van der Waals surface area contributed by atoms with Gasteiger partial charge in [0.05, 0.1) is 6.54 Å². The Bertz CT molecular complexity index is 795. The molecule has 8 nitrogen and oxygen atoms in total. The molecule has 0 spiro atoms. The first-order chi connectivity index (χ1) is 20.4. The minimum Gasteiger partial charge on any atom is -0.446 e. The van der Waals surface area contributed by atoms with Gasteiger partial charge in [-0.15, -0.1) is 0 Å². The molecule has 0 aliphatic carbocycles. The molecule has 2 amide bonds. The van der Waals surface area contributed by atoms with Crippen LogP contribution in [0.2, 0.25) is 0 Å². The lowest BCUT2D eigenvalue weighted by Crippen LogP contribution is -2.44. The van der Waals surface area contributed by atoms with E-state index in [-0.39, 0.29) is 19.3 Å². The Morgan fingerprint density at radius 1 is 0.738 bits per heavy atom. The molecule has 1 atom stereocenters. The molecule has 1 unspecified atom stereocenters. The van der Waals surface area contributed by atoms with Gasteiger partial charge in [0.25, 0.3) is 0 Å². The fraction of sp³-hybridized carbons (Fsp3) is 0.794. The average Bonchev–Trinajstić information content (AvgIpc) is 3.01. The van der Waals surface area contributed by atoms with Crippen molar-refractivity contribution in [3.63, 3.8) is 0 Å². The van der Waals surface area contributed by atoms with E-state index in [2.05, 4.69) is 12.2 Å². The third kappa shape index (κ3) is 19.7. The number of ether oxygens (including phenoxy) is 3. The molecule has 0 bridgehead atoms. The fourth-order valence-electron chi connectivity index (χ4n) is 4.83. The number of pyridine rings is 1. The number of amides is 2. The maximum atomic E-state index is 12.7. The van der Waals surface area contributed by atoms with Crippen LogP contribution in [0.25, 0.3) is 0 Å². The van der Waals surface area contributed by atoms with Crippen molar-refractivity contribution in [3.8, 4) is 0 Å². The highest BCUT2D eigenvalue weighted by Crippen LogP contribution is 2.15. The summed E-state index contributed by atoms with van der Waals surface area (Å²) in [7, 11) is 1.52. The van der Waals surface area contributed by atoms with E-state index in [1.54, 1.807) is 11.8 Å². The molecule has 242 valence electrons. The number of carbonyl (C=O) groups is 2. The van der Waals surface area contributed by atoms with E-state index in [0.29, 0.717) is 26.2 Å². The van der Waals surface area contributed by atoms with Gasteiger partial charge >= 0.3 is 12.2 Å². The number of hydrogen-bond donors (Lipinski definition) is 1. The number of rotatable bonds is 26. The second kappa shape index (κ2) is 25.2. The zero-order valence-corrected chi connectivity index (χ0v) is 27.4. The topological polar surface area (TPSA) is 81.0 Å². The average molecular weight is 593 g/mol. The van der Waals surface area contributed by atoms with Crippen molar-refractivity contribution < 1.29 is 28.4 Å². The number of alkyl carbamates (subject to hydrolysis) is 1. The molecule has 8 heteroatoms. The molecule has 1 heterocycles. The Kier molecular flexibility index (Phi) is 22.6. The monoisotopic (exact) mass is 592 g/mol. The summed E-state index contributed by atoms with van der Waals surface area (Å²) in [5.41, 5.74) is -0.922. The molecule has 0 aromatic carbocycles. The van der Waals surface area contributed by atoms with E-state index >= 15 is 0 Å². The predicted molar refractivity (Wildman–Crippen MR) is 170 cm³/mol. The van der Waals surface area contributed by atoms with Crippen LogP contribution in [0.4, 0.5) is 9.59 Å². The number of hydrogen-bond acceptors (Lipinski definition) is 5. The lowest BCUT2D eigenvalue weighted by atomic mass is 10.0. The van der Waals surface area contributed by atoms with E-state index in [4.69, 9.17) is 14.2 Å². The number of nitrogens with one attached hydrogen (secondary N) is 1. The zero-order valence-electron chi connectivity index (χ0n) is 27.4. The third-order valence-electron chi connectivity index (χ3n) is 7.84. The van der Waals surface area contributed by atoms with Gasteiger partial charge in [0, 0.05) is 32.3 Å². The van der Waals surface area contributed by atoms with Gasteiger partial charge in [-0.05, 0) is 20.3 Å². The molecule has 42 heavy (non-hydrogen) atoms. The molecule has 1 rings (SSSR count). The normalized spacial score (nSPS) is 12.5. The highest BCUT2D eigenvalue weighted by Gasteiger charge is 2.29. The number of methoxy groups -OCH3 is 1. The first-order valence-corrected chi connectivity index (χ1v) is 16.8. The van der Waals surface area contributed by atoms with Crippen molar-refractivity contribution in [2.45, 2.75) is 136 Å². The Balaban J connectivity index is 2.08. The number of carbonyl (C=O) groups excluding carboxylic acids is 2. The first-order valence-electron chi connectivity index (χ1n) is 16.8. The summed E-state index contributed by atoms with van der Waals surface area (Å²) >= 11 is 0. The molecule has 1 aromatic heterocycles. The third-order valence-corrected chi connectivity index (χ3v) is 7.84. The van der Waals surface area contributed by atoms with Crippen LogP contribution in [-0.4, -0.2) is 62.6 Å². The molecular formula is C34H62N3O5+. The highest BCUT2D eigenvalue weighted by molar-refractivity contribution is 5.68. The second-order valence-corrected chi connectivity index (χ2v) is 11.7.